The number of methoxy groups -OCH3 is 1. The number of aliphatic hydroxyl groups is 1. The van der Waals surface area contributed by atoms with E-state index in [9.17, 15) is 14.7 Å². The van der Waals surface area contributed by atoms with Crippen molar-refractivity contribution in [1.82, 2.24) is 14.9 Å². The van der Waals surface area contributed by atoms with Crippen LogP contribution in [0.2, 0.25) is 0 Å². The van der Waals surface area contributed by atoms with Gasteiger partial charge in [0.05, 0.1) is 24.2 Å². The molecule has 9 nitrogen and oxygen atoms in total. The summed E-state index contributed by atoms with van der Waals surface area (Å²) >= 11 is 3.41. The Morgan fingerprint density at radius 1 is 1.09 bits per heavy atom. The molecule has 1 atom stereocenters. The fourth-order valence-electron chi connectivity index (χ4n) is 2.76. The first kappa shape index (κ1) is 25.8. The molecule has 0 radical (unpaired) electrons. The summed E-state index contributed by atoms with van der Waals surface area (Å²) in [5, 5.41) is 11.0. The third-order valence-electron chi connectivity index (χ3n) is 4.07. The highest BCUT2D eigenvalue weighted by atomic mass is 79.9. The zero-order valence-electron chi connectivity index (χ0n) is 19.4. The van der Waals surface area contributed by atoms with Crippen molar-refractivity contribution in [3.8, 4) is 5.88 Å². The molecule has 0 aliphatic carbocycles. The number of aliphatic hydroxyl groups excluding tert-OH is 1. The summed E-state index contributed by atoms with van der Waals surface area (Å²) < 4.78 is 16.4. The molecule has 0 aliphatic heterocycles. The molecule has 0 aromatic carbocycles. The fourth-order valence-corrected chi connectivity index (χ4v) is 3.32. The third kappa shape index (κ3) is 7.03. The number of aromatic nitrogens is 2. The van der Waals surface area contributed by atoms with Gasteiger partial charge in [-0.05, 0) is 70.0 Å². The maximum absolute atomic E-state index is 12.7. The van der Waals surface area contributed by atoms with Crippen LogP contribution in [0.15, 0.2) is 22.8 Å². The van der Waals surface area contributed by atoms with Crippen LogP contribution in [0.25, 0.3) is 11.0 Å². The van der Waals surface area contributed by atoms with Gasteiger partial charge in [0.25, 0.3) is 0 Å². The van der Waals surface area contributed by atoms with Crippen LogP contribution < -0.4 is 4.74 Å². The van der Waals surface area contributed by atoms with E-state index in [0.717, 1.165) is 4.90 Å². The lowest BCUT2D eigenvalue weighted by atomic mass is 10.1. The average Bonchev–Trinajstić information content (AvgIpc) is 2.64. The molecule has 2 heterocycles. The van der Waals surface area contributed by atoms with Crippen molar-refractivity contribution < 1.29 is 28.9 Å². The van der Waals surface area contributed by atoms with Gasteiger partial charge in [0.15, 0.2) is 0 Å². The molecule has 0 aliphatic rings. The smallest absolute Gasteiger partial charge is 0.419 e. The molecule has 0 spiro atoms. The summed E-state index contributed by atoms with van der Waals surface area (Å²) in [6.45, 7) is 10.1. The molecule has 2 amide bonds. The van der Waals surface area contributed by atoms with Crippen LogP contribution in [0.1, 0.15) is 59.6 Å². The number of nitrogens with zero attached hydrogens (tertiary/aromatic N) is 3. The molecule has 0 fully saturated rings. The molecule has 176 valence electrons. The standard InChI is InChI=1S/C22H30BrN3O6/c1-21(2,3)31-19(28)26(20(29)32-22(4,5)6)11-10-15(27)17-13(23)12-24-14-8-9-16(30-7)25-18(14)17/h8-9,12,15,27H,10-11H2,1-7H3. The second kappa shape index (κ2) is 9.99. The van der Waals surface area contributed by atoms with Gasteiger partial charge >= 0.3 is 12.2 Å². The van der Waals surface area contributed by atoms with Gasteiger partial charge < -0.3 is 19.3 Å². The Morgan fingerprint density at radius 3 is 2.16 bits per heavy atom. The summed E-state index contributed by atoms with van der Waals surface area (Å²) in [4.78, 5) is 34.9. The van der Waals surface area contributed by atoms with Gasteiger partial charge in [-0.25, -0.2) is 19.5 Å². The number of fused-ring (bicyclic) bond motifs is 1. The van der Waals surface area contributed by atoms with Crippen LogP contribution in [-0.2, 0) is 9.47 Å². The first-order valence-electron chi connectivity index (χ1n) is 10.1. The molecule has 0 bridgehead atoms. The SMILES string of the molecule is COc1ccc2ncc(Br)c(C(O)CCN(C(=O)OC(C)(C)C)C(=O)OC(C)(C)C)c2n1. The van der Waals surface area contributed by atoms with E-state index in [-0.39, 0.29) is 13.0 Å². The Labute approximate surface area is 196 Å². The Hall–Kier alpha value is -2.46. The Kier molecular flexibility index (Phi) is 8.06. The number of hydrogen-bond acceptors (Lipinski definition) is 8. The number of amides is 2. The molecule has 32 heavy (non-hydrogen) atoms. The summed E-state index contributed by atoms with van der Waals surface area (Å²) in [5.41, 5.74) is -0.115. The largest absolute Gasteiger partial charge is 0.481 e. The average molecular weight is 512 g/mol. The molecule has 0 saturated carbocycles. The van der Waals surface area contributed by atoms with Gasteiger partial charge in [-0.1, -0.05) is 0 Å². The van der Waals surface area contributed by atoms with Crippen LogP contribution in [0.5, 0.6) is 5.88 Å². The number of ether oxygens (including phenoxy) is 3. The lowest BCUT2D eigenvalue weighted by Gasteiger charge is -2.29. The highest BCUT2D eigenvalue weighted by Gasteiger charge is 2.32. The lowest BCUT2D eigenvalue weighted by Crippen LogP contribution is -2.44. The minimum absolute atomic E-state index is 0.0229. The van der Waals surface area contributed by atoms with Crippen molar-refractivity contribution >= 4 is 39.1 Å². The fraction of sp³-hybridized carbons (Fsp3) is 0.545. The van der Waals surface area contributed by atoms with E-state index in [1.165, 1.54) is 7.11 Å². The van der Waals surface area contributed by atoms with E-state index in [0.29, 0.717) is 26.9 Å². The Morgan fingerprint density at radius 2 is 1.66 bits per heavy atom. The minimum atomic E-state index is -1.07. The molecular weight excluding hydrogens is 482 g/mol. The van der Waals surface area contributed by atoms with Gasteiger partial charge in [0.1, 0.15) is 11.2 Å². The van der Waals surface area contributed by atoms with Crippen LogP contribution in [-0.4, -0.2) is 57.0 Å². The monoisotopic (exact) mass is 511 g/mol. The Balaban J connectivity index is 2.31. The van der Waals surface area contributed by atoms with Crippen LogP contribution in [0.4, 0.5) is 9.59 Å². The summed E-state index contributed by atoms with van der Waals surface area (Å²) in [6.07, 6.45) is -1.18. The number of imide groups is 1. The van der Waals surface area contributed by atoms with Crippen molar-refractivity contribution in [3.05, 3.63) is 28.4 Å². The number of hydrogen-bond donors (Lipinski definition) is 1. The van der Waals surface area contributed by atoms with Crippen LogP contribution in [0, 0.1) is 0 Å². The first-order valence-corrected chi connectivity index (χ1v) is 10.9. The van der Waals surface area contributed by atoms with E-state index in [1.54, 1.807) is 59.9 Å². The van der Waals surface area contributed by atoms with Gasteiger partial charge in [0.2, 0.25) is 5.88 Å². The van der Waals surface area contributed by atoms with Gasteiger partial charge in [-0.15, -0.1) is 0 Å². The number of carbonyl (C=O) groups is 2. The maximum atomic E-state index is 12.7. The van der Waals surface area contributed by atoms with E-state index in [1.807, 2.05) is 0 Å². The van der Waals surface area contributed by atoms with Gasteiger partial charge in [-0.2, -0.15) is 0 Å². The highest BCUT2D eigenvalue weighted by molar-refractivity contribution is 9.10. The molecule has 2 aromatic rings. The molecule has 2 rings (SSSR count). The predicted octanol–water partition coefficient (Wildman–Crippen LogP) is 5.00. The number of pyridine rings is 2. The van der Waals surface area contributed by atoms with E-state index >= 15 is 0 Å². The molecule has 2 aromatic heterocycles. The zero-order valence-corrected chi connectivity index (χ0v) is 21.0. The second-order valence-electron chi connectivity index (χ2n) is 9.16. The third-order valence-corrected chi connectivity index (χ3v) is 4.71. The second-order valence-corrected chi connectivity index (χ2v) is 10.0. The van der Waals surface area contributed by atoms with Crippen LogP contribution >= 0.6 is 15.9 Å². The molecular formula is C22H30BrN3O6. The zero-order chi connectivity index (χ0) is 24.3. The minimum Gasteiger partial charge on any atom is -0.481 e. The van der Waals surface area contributed by atoms with Crippen molar-refractivity contribution in [3.63, 3.8) is 0 Å². The molecule has 1 unspecified atom stereocenters. The van der Waals surface area contributed by atoms with Crippen molar-refractivity contribution in [2.24, 2.45) is 0 Å². The lowest BCUT2D eigenvalue weighted by molar-refractivity contribution is -0.000885. The topological polar surface area (TPSA) is 111 Å². The van der Waals surface area contributed by atoms with E-state index < -0.39 is 29.5 Å². The number of halogens is 1. The predicted molar refractivity (Wildman–Crippen MR) is 123 cm³/mol. The first-order chi connectivity index (χ1) is 14.7. The quantitative estimate of drug-likeness (QED) is 0.596. The van der Waals surface area contributed by atoms with Crippen LogP contribution in [0.3, 0.4) is 0 Å². The highest BCUT2D eigenvalue weighted by Crippen LogP contribution is 2.32. The maximum Gasteiger partial charge on any atom is 0.419 e. The molecule has 10 heteroatoms. The number of carbonyl (C=O) groups excluding carboxylic acids is 2. The Bertz CT molecular complexity index is 956. The van der Waals surface area contributed by atoms with E-state index in [4.69, 9.17) is 14.2 Å². The normalized spacial score (nSPS) is 12.9. The summed E-state index contributed by atoms with van der Waals surface area (Å²) in [5.74, 6) is 0.370. The van der Waals surface area contributed by atoms with Crippen molar-refractivity contribution in [2.75, 3.05) is 13.7 Å². The summed E-state index contributed by atoms with van der Waals surface area (Å²) in [7, 11) is 1.50. The van der Waals surface area contributed by atoms with E-state index in [2.05, 4.69) is 25.9 Å². The number of rotatable bonds is 5. The molecule has 0 saturated heterocycles. The van der Waals surface area contributed by atoms with Crippen molar-refractivity contribution in [2.45, 2.75) is 65.3 Å². The van der Waals surface area contributed by atoms with Gasteiger partial charge in [0, 0.05) is 28.8 Å². The van der Waals surface area contributed by atoms with Crippen molar-refractivity contribution in [1.29, 1.82) is 0 Å². The summed E-state index contributed by atoms with van der Waals surface area (Å²) in [6, 6.07) is 3.41. The molecule has 1 N–H and O–H groups in total. The van der Waals surface area contributed by atoms with Gasteiger partial charge in [-0.3, -0.25) is 4.98 Å².